The van der Waals surface area contributed by atoms with E-state index in [4.69, 9.17) is 21.3 Å². The molecule has 2 aromatic heterocycles. The Morgan fingerprint density at radius 3 is 2.50 bits per heavy atom. The van der Waals surface area contributed by atoms with Gasteiger partial charge < -0.3 is 10.1 Å². The number of methoxy groups -OCH3 is 1. The summed E-state index contributed by atoms with van der Waals surface area (Å²) in [6.07, 6.45) is 0. The highest BCUT2D eigenvalue weighted by molar-refractivity contribution is 7.99. The second-order valence-electron chi connectivity index (χ2n) is 7.58. The van der Waals surface area contributed by atoms with Crippen molar-refractivity contribution in [3.05, 3.63) is 75.2 Å². The Morgan fingerprint density at radius 1 is 1.15 bits per heavy atom. The van der Waals surface area contributed by atoms with Gasteiger partial charge in [-0.2, -0.15) is 5.10 Å². The van der Waals surface area contributed by atoms with Crippen LogP contribution in [-0.2, 0) is 17.9 Å². The summed E-state index contributed by atoms with van der Waals surface area (Å²) in [5.74, 6) is 0.612. The summed E-state index contributed by atoms with van der Waals surface area (Å²) in [6.45, 7) is 4.62. The lowest BCUT2D eigenvalue weighted by molar-refractivity contribution is -0.113. The SMILES string of the molecule is CCn1nc(C)c2nc(SCC(=O)Nc3ccc(Cl)cc3)n(Cc3ccc(OC)cc3)c(=O)c21. The number of aromatic nitrogens is 4. The summed E-state index contributed by atoms with van der Waals surface area (Å²) < 4.78 is 8.50. The summed E-state index contributed by atoms with van der Waals surface area (Å²) >= 11 is 7.12. The maximum absolute atomic E-state index is 13.5. The van der Waals surface area contributed by atoms with Crippen LogP contribution >= 0.6 is 23.4 Å². The molecule has 0 spiro atoms. The molecule has 0 bridgehead atoms. The third-order valence-corrected chi connectivity index (χ3v) is 6.47. The van der Waals surface area contributed by atoms with Gasteiger partial charge in [0, 0.05) is 17.3 Å². The highest BCUT2D eigenvalue weighted by atomic mass is 35.5. The Kier molecular flexibility index (Phi) is 7.23. The molecule has 0 radical (unpaired) electrons. The van der Waals surface area contributed by atoms with Gasteiger partial charge in [0.25, 0.3) is 5.56 Å². The summed E-state index contributed by atoms with van der Waals surface area (Å²) in [5, 5.41) is 8.35. The molecule has 4 aromatic rings. The number of benzene rings is 2. The van der Waals surface area contributed by atoms with Crippen LogP contribution in [0.15, 0.2) is 58.5 Å². The predicted octanol–water partition coefficient (Wildman–Crippen LogP) is 4.36. The molecular weight excluding hydrogens is 474 g/mol. The van der Waals surface area contributed by atoms with Gasteiger partial charge in [-0.05, 0) is 55.8 Å². The van der Waals surface area contributed by atoms with E-state index in [0.29, 0.717) is 45.7 Å². The molecule has 176 valence electrons. The number of carbonyl (C=O) groups excluding carboxylic acids is 1. The zero-order chi connectivity index (χ0) is 24.2. The van der Waals surface area contributed by atoms with Crippen molar-refractivity contribution < 1.29 is 9.53 Å². The fraction of sp³-hybridized carbons (Fsp3) is 0.250. The van der Waals surface area contributed by atoms with Crippen molar-refractivity contribution in [3.63, 3.8) is 0 Å². The van der Waals surface area contributed by atoms with E-state index in [2.05, 4.69) is 10.4 Å². The second kappa shape index (κ2) is 10.3. The van der Waals surface area contributed by atoms with Crippen molar-refractivity contribution in [2.45, 2.75) is 32.1 Å². The van der Waals surface area contributed by atoms with Crippen molar-refractivity contribution >= 4 is 46.0 Å². The van der Waals surface area contributed by atoms with Crippen LogP contribution < -0.4 is 15.6 Å². The van der Waals surface area contributed by atoms with Gasteiger partial charge in [0.15, 0.2) is 10.7 Å². The number of ether oxygens (including phenoxy) is 1. The van der Waals surface area contributed by atoms with Gasteiger partial charge in [-0.25, -0.2) is 4.98 Å². The normalized spacial score (nSPS) is 11.1. The Bertz CT molecular complexity index is 1380. The van der Waals surface area contributed by atoms with Crippen LogP contribution in [0.5, 0.6) is 5.75 Å². The lowest BCUT2D eigenvalue weighted by Gasteiger charge is -2.13. The first-order valence-corrected chi connectivity index (χ1v) is 12.0. The van der Waals surface area contributed by atoms with Gasteiger partial charge in [0.05, 0.1) is 25.1 Å². The Labute approximate surface area is 205 Å². The highest BCUT2D eigenvalue weighted by Crippen LogP contribution is 2.22. The summed E-state index contributed by atoms with van der Waals surface area (Å²) in [4.78, 5) is 30.9. The van der Waals surface area contributed by atoms with Crippen molar-refractivity contribution in [1.82, 2.24) is 19.3 Å². The molecule has 0 aliphatic carbocycles. The highest BCUT2D eigenvalue weighted by Gasteiger charge is 2.19. The maximum atomic E-state index is 13.5. The predicted molar refractivity (Wildman–Crippen MR) is 135 cm³/mol. The van der Waals surface area contributed by atoms with E-state index >= 15 is 0 Å². The van der Waals surface area contributed by atoms with Crippen LogP contribution in [0, 0.1) is 6.92 Å². The first-order valence-electron chi connectivity index (χ1n) is 10.7. The van der Waals surface area contributed by atoms with Gasteiger partial charge in [0.1, 0.15) is 11.3 Å². The molecule has 2 aromatic carbocycles. The van der Waals surface area contributed by atoms with E-state index in [1.54, 1.807) is 40.6 Å². The summed E-state index contributed by atoms with van der Waals surface area (Å²) in [5.41, 5.74) is 3.06. The molecular formula is C24H24ClN5O3S. The monoisotopic (exact) mass is 497 g/mol. The Balaban J connectivity index is 1.66. The minimum absolute atomic E-state index is 0.0874. The van der Waals surface area contributed by atoms with E-state index in [1.165, 1.54) is 11.8 Å². The molecule has 2 heterocycles. The molecule has 0 atom stereocenters. The first-order chi connectivity index (χ1) is 16.4. The number of amides is 1. The van der Waals surface area contributed by atoms with Crippen molar-refractivity contribution in [3.8, 4) is 5.75 Å². The largest absolute Gasteiger partial charge is 0.497 e. The molecule has 4 rings (SSSR count). The summed E-state index contributed by atoms with van der Waals surface area (Å²) in [6, 6.07) is 14.4. The second-order valence-corrected chi connectivity index (χ2v) is 8.95. The molecule has 0 saturated heterocycles. The molecule has 0 fully saturated rings. The number of halogens is 1. The number of anilines is 1. The minimum atomic E-state index is -0.210. The van der Waals surface area contributed by atoms with Gasteiger partial charge in [-0.3, -0.25) is 18.8 Å². The first kappa shape index (κ1) is 23.8. The maximum Gasteiger partial charge on any atom is 0.280 e. The number of thioether (sulfide) groups is 1. The van der Waals surface area contributed by atoms with Crippen LogP contribution in [-0.4, -0.2) is 38.1 Å². The molecule has 10 heteroatoms. The molecule has 0 aliphatic rings. The van der Waals surface area contributed by atoms with Crippen molar-refractivity contribution in [2.75, 3.05) is 18.2 Å². The number of hydrogen-bond acceptors (Lipinski definition) is 6. The number of rotatable bonds is 8. The van der Waals surface area contributed by atoms with Crippen molar-refractivity contribution in [2.24, 2.45) is 0 Å². The Hall–Kier alpha value is -3.30. The standard InChI is InChI=1S/C24H24ClN5O3S/c1-4-30-22-21(15(2)28-30)27-24(34-14-20(31)26-18-9-7-17(25)8-10-18)29(23(22)32)13-16-5-11-19(33-3)12-6-16/h5-12H,4,13-14H2,1-3H3,(H,26,31). The van der Waals surface area contributed by atoms with Gasteiger partial charge in [-0.15, -0.1) is 0 Å². The zero-order valence-electron chi connectivity index (χ0n) is 19.0. The van der Waals surface area contributed by atoms with E-state index < -0.39 is 0 Å². The van der Waals surface area contributed by atoms with Crippen molar-refractivity contribution in [1.29, 1.82) is 0 Å². The van der Waals surface area contributed by atoms with Crippen LogP contribution in [0.3, 0.4) is 0 Å². The fourth-order valence-electron chi connectivity index (χ4n) is 3.54. The number of carbonyl (C=O) groups is 1. The molecule has 34 heavy (non-hydrogen) atoms. The number of nitrogens with one attached hydrogen (secondary N) is 1. The topological polar surface area (TPSA) is 91.0 Å². The van der Waals surface area contributed by atoms with Crippen LogP contribution in [0.1, 0.15) is 18.2 Å². The molecule has 8 nitrogen and oxygen atoms in total. The number of aryl methyl sites for hydroxylation is 2. The smallest absolute Gasteiger partial charge is 0.280 e. The van der Waals surface area contributed by atoms with Gasteiger partial charge in [0.2, 0.25) is 5.91 Å². The summed E-state index contributed by atoms with van der Waals surface area (Å²) in [7, 11) is 1.61. The quantitative estimate of drug-likeness (QED) is 0.287. The zero-order valence-corrected chi connectivity index (χ0v) is 20.6. The molecule has 0 aliphatic heterocycles. The van der Waals surface area contributed by atoms with E-state index in [9.17, 15) is 9.59 Å². The molecule has 0 unspecified atom stereocenters. The van der Waals surface area contributed by atoms with E-state index in [1.807, 2.05) is 38.1 Å². The van der Waals surface area contributed by atoms with Crippen LogP contribution in [0.4, 0.5) is 5.69 Å². The van der Waals surface area contributed by atoms with Crippen LogP contribution in [0.25, 0.3) is 11.0 Å². The number of hydrogen-bond donors (Lipinski definition) is 1. The Morgan fingerprint density at radius 2 is 1.85 bits per heavy atom. The average Bonchev–Trinajstić information content (AvgIpc) is 3.17. The van der Waals surface area contributed by atoms with E-state index in [0.717, 1.165) is 11.3 Å². The third-order valence-electron chi connectivity index (χ3n) is 5.24. The van der Waals surface area contributed by atoms with Gasteiger partial charge >= 0.3 is 0 Å². The van der Waals surface area contributed by atoms with Crippen LogP contribution in [0.2, 0.25) is 5.02 Å². The van der Waals surface area contributed by atoms with Gasteiger partial charge in [-0.1, -0.05) is 35.5 Å². The minimum Gasteiger partial charge on any atom is -0.497 e. The lowest BCUT2D eigenvalue weighted by Crippen LogP contribution is -2.26. The number of nitrogens with zero attached hydrogens (tertiary/aromatic N) is 4. The fourth-order valence-corrected chi connectivity index (χ4v) is 4.46. The lowest BCUT2D eigenvalue weighted by atomic mass is 10.2. The van der Waals surface area contributed by atoms with E-state index in [-0.39, 0.29) is 17.2 Å². The third kappa shape index (κ3) is 5.10. The molecule has 0 saturated carbocycles. The molecule has 1 N–H and O–H groups in total. The molecule has 1 amide bonds. The number of fused-ring (bicyclic) bond motifs is 1. The average molecular weight is 498 g/mol.